The Morgan fingerprint density at radius 2 is 1.84 bits per heavy atom. The molecule has 2 fully saturated rings. The van der Waals surface area contributed by atoms with Gasteiger partial charge in [0.2, 0.25) is 5.95 Å². The van der Waals surface area contributed by atoms with Crippen LogP contribution >= 0.6 is 0 Å². The first-order chi connectivity index (χ1) is 15.0. The summed E-state index contributed by atoms with van der Waals surface area (Å²) in [6.07, 6.45) is 9.47. The van der Waals surface area contributed by atoms with Gasteiger partial charge in [0.05, 0.1) is 6.61 Å². The van der Waals surface area contributed by atoms with E-state index in [1.807, 2.05) is 0 Å². The highest BCUT2D eigenvalue weighted by molar-refractivity contribution is 7.89. The number of sulfonamides is 1. The van der Waals surface area contributed by atoms with Gasteiger partial charge in [-0.1, -0.05) is 6.07 Å². The van der Waals surface area contributed by atoms with Crippen LogP contribution < -0.4 is 5.32 Å². The van der Waals surface area contributed by atoms with Crippen molar-refractivity contribution < 1.29 is 13.2 Å². The first kappa shape index (κ1) is 19.7. The normalized spacial score (nSPS) is 25.8. The summed E-state index contributed by atoms with van der Waals surface area (Å²) in [5, 5.41) is 10.2. The van der Waals surface area contributed by atoms with Crippen LogP contribution in [-0.4, -0.2) is 54.2 Å². The molecule has 9 heteroatoms. The number of aryl methyl sites for hydroxylation is 2. The molecule has 2 N–H and O–H groups in total. The number of hydrogen-bond donors (Lipinski definition) is 2. The number of hydrogen-bond acceptors (Lipinski definition) is 6. The molecule has 1 spiro atoms. The van der Waals surface area contributed by atoms with Gasteiger partial charge in [-0.25, -0.2) is 13.5 Å². The summed E-state index contributed by atoms with van der Waals surface area (Å²) in [6, 6.07) is 2.38. The van der Waals surface area contributed by atoms with Crippen molar-refractivity contribution in [3.63, 3.8) is 0 Å². The number of nitrogens with one attached hydrogen (secondary N) is 2. The molecule has 2 aliphatic carbocycles. The van der Waals surface area contributed by atoms with Crippen molar-refractivity contribution in [2.24, 2.45) is 5.41 Å². The fourth-order valence-corrected chi connectivity index (χ4v) is 7.38. The first-order valence-electron chi connectivity index (χ1n) is 11.5. The van der Waals surface area contributed by atoms with Gasteiger partial charge in [0.1, 0.15) is 0 Å². The van der Waals surface area contributed by atoms with Crippen molar-refractivity contribution in [3.05, 3.63) is 28.3 Å². The SMILES string of the molecule is O=S(=O)(c1nc(Nc2c3c(cc4c2CCC4)CCC3)n[nH]1)N1CCCC2(CCOC2)C1. The molecule has 1 unspecified atom stereocenters. The zero-order valence-corrected chi connectivity index (χ0v) is 18.6. The molecule has 2 aliphatic heterocycles. The van der Waals surface area contributed by atoms with Crippen LogP contribution in [0, 0.1) is 5.41 Å². The van der Waals surface area contributed by atoms with Gasteiger partial charge in [-0.05, 0) is 80.0 Å². The number of fused-ring (bicyclic) bond motifs is 2. The monoisotopic (exact) mass is 443 g/mol. The summed E-state index contributed by atoms with van der Waals surface area (Å²) in [4.78, 5) is 4.38. The molecule has 6 rings (SSSR count). The molecule has 2 aromatic rings. The molecular formula is C22H29N5O3S. The second-order valence-electron chi connectivity index (χ2n) is 9.57. The number of benzene rings is 1. The van der Waals surface area contributed by atoms with Crippen molar-refractivity contribution in [2.45, 2.75) is 62.9 Å². The molecule has 1 aromatic heterocycles. The smallest absolute Gasteiger partial charge is 0.278 e. The molecule has 1 aromatic carbocycles. The van der Waals surface area contributed by atoms with E-state index in [0.29, 0.717) is 25.6 Å². The van der Waals surface area contributed by atoms with E-state index < -0.39 is 10.0 Å². The van der Waals surface area contributed by atoms with Crippen LogP contribution in [0.25, 0.3) is 0 Å². The number of ether oxygens (including phenoxy) is 1. The van der Waals surface area contributed by atoms with Crippen LogP contribution in [0.1, 0.15) is 54.4 Å². The molecule has 1 atom stereocenters. The van der Waals surface area contributed by atoms with E-state index in [2.05, 4.69) is 26.6 Å². The van der Waals surface area contributed by atoms with Crippen molar-refractivity contribution in [1.82, 2.24) is 19.5 Å². The summed E-state index contributed by atoms with van der Waals surface area (Å²) in [5.74, 6) is 0.337. The lowest BCUT2D eigenvalue weighted by Gasteiger charge is -2.38. The first-order valence-corrected chi connectivity index (χ1v) is 12.9. The van der Waals surface area contributed by atoms with E-state index in [-0.39, 0.29) is 10.6 Å². The minimum absolute atomic E-state index is 0.0441. The molecular weight excluding hydrogens is 414 g/mol. The van der Waals surface area contributed by atoms with Gasteiger partial charge in [-0.3, -0.25) is 0 Å². The second-order valence-corrected chi connectivity index (χ2v) is 11.4. The standard InChI is InChI=1S/C22H29N5O3S/c28-31(29,27-10-3-8-22(13-27)9-11-30-14-22)21-24-20(25-26-21)23-19-17-6-1-4-15(17)12-16-5-2-7-18(16)19/h12H,1-11,13-14H2,(H2,23,24,25,26). The molecule has 3 heterocycles. The molecule has 4 aliphatic rings. The Hall–Kier alpha value is -1.97. The largest absolute Gasteiger partial charge is 0.381 e. The Morgan fingerprint density at radius 1 is 1.06 bits per heavy atom. The molecule has 0 saturated carbocycles. The zero-order valence-electron chi connectivity index (χ0n) is 17.7. The highest BCUT2D eigenvalue weighted by Crippen LogP contribution is 2.41. The predicted octanol–water partition coefficient (Wildman–Crippen LogP) is 2.72. The maximum atomic E-state index is 13.3. The maximum absolute atomic E-state index is 13.3. The van der Waals surface area contributed by atoms with Crippen molar-refractivity contribution in [1.29, 1.82) is 0 Å². The maximum Gasteiger partial charge on any atom is 0.278 e. The van der Waals surface area contributed by atoms with Crippen LogP contribution in [0.3, 0.4) is 0 Å². The lowest BCUT2D eigenvalue weighted by molar-refractivity contribution is 0.104. The Labute approximate surface area is 182 Å². The van der Waals surface area contributed by atoms with Gasteiger partial charge in [0.15, 0.2) is 0 Å². The summed E-state index contributed by atoms with van der Waals surface area (Å²) in [7, 11) is -3.71. The molecule has 166 valence electrons. The topological polar surface area (TPSA) is 100 Å². The molecule has 0 bridgehead atoms. The van der Waals surface area contributed by atoms with Crippen LogP contribution in [0.15, 0.2) is 11.2 Å². The Bertz CT molecular complexity index is 1090. The summed E-state index contributed by atoms with van der Waals surface area (Å²) in [5.41, 5.74) is 6.62. The molecule has 31 heavy (non-hydrogen) atoms. The van der Waals surface area contributed by atoms with Crippen molar-refractivity contribution >= 4 is 21.7 Å². The van der Waals surface area contributed by atoms with E-state index in [1.165, 1.54) is 35.1 Å². The second kappa shape index (κ2) is 7.28. The fourth-order valence-electron chi connectivity index (χ4n) is 5.96. The quantitative estimate of drug-likeness (QED) is 0.754. The van der Waals surface area contributed by atoms with Gasteiger partial charge < -0.3 is 10.1 Å². The Balaban J connectivity index is 1.27. The van der Waals surface area contributed by atoms with Crippen molar-refractivity contribution in [3.8, 4) is 0 Å². The Morgan fingerprint density at radius 3 is 2.55 bits per heavy atom. The third-order valence-corrected chi connectivity index (χ3v) is 9.23. The molecule has 0 amide bonds. The van der Waals surface area contributed by atoms with E-state index in [1.54, 1.807) is 4.31 Å². The highest BCUT2D eigenvalue weighted by atomic mass is 32.2. The lowest BCUT2D eigenvalue weighted by Crippen LogP contribution is -2.46. The van der Waals surface area contributed by atoms with E-state index in [0.717, 1.165) is 57.2 Å². The van der Waals surface area contributed by atoms with E-state index in [9.17, 15) is 8.42 Å². The summed E-state index contributed by atoms with van der Waals surface area (Å²) < 4.78 is 33.7. The average molecular weight is 444 g/mol. The van der Waals surface area contributed by atoms with Crippen LogP contribution in [-0.2, 0) is 40.4 Å². The van der Waals surface area contributed by atoms with E-state index >= 15 is 0 Å². The highest BCUT2D eigenvalue weighted by Gasteiger charge is 2.43. The molecule has 8 nitrogen and oxygen atoms in total. The summed E-state index contributed by atoms with van der Waals surface area (Å²) >= 11 is 0. The van der Waals surface area contributed by atoms with Gasteiger partial charge in [-0.2, -0.15) is 9.29 Å². The zero-order chi connectivity index (χ0) is 21.1. The van der Waals surface area contributed by atoms with Gasteiger partial charge in [0, 0.05) is 30.8 Å². The third kappa shape index (κ3) is 3.29. The molecule has 2 saturated heterocycles. The minimum atomic E-state index is -3.71. The number of aromatic amines is 1. The molecule has 0 radical (unpaired) electrons. The average Bonchev–Trinajstić information content (AvgIpc) is 3.55. The lowest BCUT2D eigenvalue weighted by atomic mass is 9.80. The minimum Gasteiger partial charge on any atom is -0.381 e. The van der Waals surface area contributed by atoms with Gasteiger partial charge in [0.25, 0.3) is 15.2 Å². The van der Waals surface area contributed by atoms with Gasteiger partial charge in [-0.15, -0.1) is 5.10 Å². The van der Waals surface area contributed by atoms with Crippen LogP contribution in [0.2, 0.25) is 0 Å². The van der Waals surface area contributed by atoms with E-state index in [4.69, 9.17) is 4.74 Å². The number of piperidine rings is 1. The predicted molar refractivity (Wildman–Crippen MR) is 116 cm³/mol. The fraction of sp³-hybridized carbons (Fsp3) is 0.636. The third-order valence-electron chi connectivity index (χ3n) is 7.57. The number of aromatic nitrogens is 3. The number of nitrogens with zero attached hydrogens (tertiary/aromatic N) is 3. The Kier molecular flexibility index (Phi) is 4.63. The van der Waals surface area contributed by atoms with Crippen LogP contribution in [0.5, 0.6) is 0 Å². The van der Waals surface area contributed by atoms with Crippen molar-refractivity contribution in [2.75, 3.05) is 31.6 Å². The summed E-state index contributed by atoms with van der Waals surface area (Å²) in [6.45, 7) is 2.38. The number of anilines is 2. The number of rotatable bonds is 4. The van der Waals surface area contributed by atoms with Crippen LogP contribution in [0.4, 0.5) is 11.6 Å². The number of H-pyrrole nitrogens is 1. The van der Waals surface area contributed by atoms with Gasteiger partial charge >= 0.3 is 0 Å².